The van der Waals surface area contributed by atoms with Crippen LogP contribution in [0, 0.1) is 25.8 Å². The number of para-hydroxylation sites is 1. The molecule has 3 aromatic carbocycles. The Labute approximate surface area is 297 Å². The molecule has 8 rings (SSSR count). The van der Waals surface area contributed by atoms with Crippen LogP contribution in [-0.2, 0) is 20.1 Å². The van der Waals surface area contributed by atoms with E-state index in [1.165, 1.54) is 17.3 Å². The number of aryl methyl sites for hydroxylation is 2. The van der Waals surface area contributed by atoms with E-state index >= 15 is 0 Å². The Morgan fingerprint density at radius 2 is 1.70 bits per heavy atom. The van der Waals surface area contributed by atoms with Crippen LogP contribution >= 0.6 is 0 Å². The fraction of sp³-hybridized carbons (Fsp3) is 0.128. The number of hydrogen-bond donors (Lipinski definition) is 0. The van der Waals surface area contributed by atoms with Crippen molar-refractivity contribution in [2.24, 2.45) is 0 Å². The van der Waals surface area contributed by atoms with Crippen LogP contribution in [0.3, 0.4) is 0 Å². The van der Waals surface area contributed by atoms with Gasteiger partial charge in [0.2, 0.25) is 5.71 Å². The van der Waals surface area contributed by atoms with Crippen molar-refractivity contribution < 1.29 is 32.7 Å². The molecule has 0 fully saturated rings. The molecule has 1 radical (unpaired) electrons. The minimum absolute atomic E-state index is 0. The summed E-state index contributed by atoms with van der Waals surface area (Å²) in [4.78, 5) is 17.9. The van der Waals surface area contributed by atoms with E-state index in [0.29, 0.717) is 39.0 Å². The third kappa shape index (κ3) is 6.32. The number of furan rings is 1. The van der Waals surface area contributed by atoms with E-state index in [1.54, 1.807) is 36.8 Å². The minimum Gasteiger partial charge on any atom is -0.486 e. The largest absolute Gasteiger partial charge is 0.486 e. The van der Waals surface area contributed by atoms with Gasteiger partial charge in [-0.05, 0) is 41.2 Å². The Morgan fingerprint density at radius 3 is 2.43 bits per heavy atom. The Balaban J connectivity index is 0.000000199. The van der Waals surface area contributed by atoms with E-state index < -0.39 is 21.8 Å². The second-order valence-electron chi connectivity index (χ2n) is 11.9. The SMILES string of the molecule is [2H]C([2H])([2H])c1c[c-]c(-c2ccc([Si](C)(C)C)cn2)cc1.[2H]C([2H])([2H])c1c[c-]c(-c2nc3ccncc3n2-c2ccccc2)c2oc3ncccc3c12.[Ir]. The van der Waals surface area contributed by atoms with Gasteiger partial charge in [0.25, 0.3) is 0 Å². The molecule has 6 nitrogen and oxygen atoms in total. The summed E-state index contributed by atoms with van der Waals surface area (Å²) in [5.41, 5.74) is 5.93. The van der Waals surface area contributed by atoms with Crippen molar-refractivity contribution in [3.8, 4) is 28.3 Å². The number of rotatable bonds is 4. The minimum atomic E-state index is -2.33. The molecule has 5 heterocycles. The first kappa shape index (κ1) is 25.4. The molecule has 0 saturated heterocycles. The molecule has 0 bridgehead atoms. The normalized spacial score (nSPS) is 13.8. The second-order valence-corrected chi connectivity index (χ2v) is 17.0. The molecule has 0 unspecified atom stereocenters. The molecule has 8 aromatic rings. The van der Waals surface area contributed by atoms with Gasteiger partial charge in [-0.2, -0.15) is 0 Å². The molecular formula is C39H33IrN5OSi-2. The third-order valence-electron chi connectivity index (χ3n) is 7.74. The van der Waals surface area contributed by atoms with Crippen molar-refractivity contribution in [3.05, 3.63) is 133 Å². The summed E-state index contributed by atoms with van der Waals surface area (Å²) >= 11 is 0. The summed E-state index contributed by atoms with van der Waals surface area (Å²) in [6.07, 6.45) is 6.99. The van der Waals surface area contributed by atoms with Crippen LogP contribution in [0.2, 0.25) is 19.6 Å². The maximum Gasteiger partial charge on any atom is 0.216 e. The van der Waals surface area contributed by atoms with Crippen molar-refractivity contribution in [2.45, 2.75) is 33.3 Å². The molecule has 0 atom stereocenters. The maximum absolute atomic E-state index is 8.03. The van der Waals surface area contributed by atoms with Gasteiger partial charge < -0.3 is 14.0 Å². The van der Waals surface area contributed by atoms with Crippen molar-refractivity contribution in [1.29, 1.82) is 0 Å². The van der Waals surface area contributed by atoms with Gasteiger partial charge in [-0.1, -0.05) is 74.6 Å². The van der Waals surface area contributed by atoms with E-state index in [4.69, 9.17) is 17.6 Å². The molecule has 5 aromatic heterocycles. The summed E-state index contributed by atoms with van der Waals surface area (Å²) in [5.74, 6) is 0.584. The van der Waals surface area contributed by atoms with Crippen LogP contribution in [0.25, 0.3) is 61.4 Å². The van der Waals surface area contributed by atoms with Crippen LogP contribution in [0.4, 0.5) is 0 Å². The van der Waals surface area contributed by atoms with E-state index in [2.05, 4.69) is 52.8 Å². The molecule has 47 heavy (non-hydrogen) atoms. The van der Waals surface area contributed by atoms with E-state index in [0.717, 1.165) is 28.0 Å². The summed E-state index contributed by atoms with van der Waals surface area (Å²) in [6.45, 7) is 2.43. The van der Waals surface area contributed by atoms with Gasteiger partial charge in [-0.25, -0.2) is 4.98 Å². The number of aromatic nitrogens is 5. The number of benzene rings is 3. The maximum atomic E-state index is 8.03. The predicted molar refractivity (Wildman–Crippen MR) is 189 cm³/mol. The fourth-order valence-electron chi connectivity index (χ4n) is 5.33. The van der Waals surface area contributed by atoms with Crippen LogP contribution < -0.4 is 5.19 Å². The monoisotopic (exact) mass is 814 g/mol. The van der Waals surface area contributed by atoms with Gasteiger partial charge in [-0.15, -0.1) is 53.1 Å². The van der Waals surface area contributed by atoms with Gasteiger partial charge in [0.15, 0.2) is 0 Å². The third-order valence-corrected chi connectivity index (χ3v) is 9.76. The summed E-state index contributed by atoms with van der Waals surface area (Å²) in [6, 6.07) is 31.9. The summed E-state index contributed by atoms with van der Waals surface area (Å²) in [7, 11) is -1.34. The van der Waals surface area contributed by atoms with Crippen molar-refractivity contribution in [3.63, 3.8) is 0 Å². The van der Waals surface area contributed by atoms with Crippen LogP contribution in [-0.4, -0.2) is 32.6 Å². The molecule has 235 valence electrons. The zero-order chi connectivity index (χ0) is 36.8. The molecule has 0 aliphatic carbocycles. The molecule has 0 amide bonds. The number of pyridine rings is 3. The molecule has 0 aliphatic heterocycles. The molecule has 0 spiro atoms. The standard InChI is InChI=1S/C24H15N4O.C15H18NSi.Ir/c1-15-9-10-18(22-21(15)17-8-5-12-26-24(17)29-22)23-27-19-11-13-25-14-20(19)28(23)16-6-3-2-4-7-16;1-12-5-7-13(8-6-12)15-10-9-14(11-16-15)17(2,3)4;/h2-9,11-14H,1H3;5-7,9-11H,1-4H3;/q2*-1;/i2*1D3;. The van der Waals surface area contributed by atoms with Crippen molar-refractivity contribution in [1.82, 2.24) is 24.5 Å². The number of imidazole rings is 1. The van der Waals surface area contributed by atoms with Gasteiger partial charge in [0, 0.05) is 58.0 Å². The first-order chi connectivity index (χ1) is 24.7. The van der Waals surface area contributed by atoms with Gasteiger partial charge in [0.05, 0.1) is 36.7 Å². The molecular weight excluding hydrogens is 775 g/mol. The van der Waals surface area contributed by atoms with E-state index in [-0.39, 0.29) is 25.7 Å². The zero-order valence-corrected chi connectivity index (χ0v) is 29.3. The number of nitrogens with zero attached hydrogens (tertiary/aromatic N) is 5. The first-order valence-electron chi connectivity index (χ1n) is 17.8. The van der Waals surface area contributed by atoms with Crippen molar-refractivity contribution in [2.75, 3.05) is 0 Å². The molecule has 0 saturated carbocycles. The van der Waals surface area contributed by atoms with Gasteiger partial charge in [-0.3, -0.25) is 9.97 Å². The smallest absolute Gasteiger partial charge is 0.216 e. The van der Waals surface area contributed by atoms with E-state index in [9.17, 15) is 0 Å². The average Bonchev–Trinajstić information content (AvgIpc) is 3.70. The Bertz CT molecular complexity index is 2470. The topological polar surface area (TPSA) is 69.6 Å². The Morgan fingerprint density at radius 1 is 0.830 bits per heavy atom. The average molecular weight is 814 g/mol. The predicted octanol–water partition coefficient (Wildman–Crippen LogP) is 8.89. The molecule has 8 heteroatoms. The van der Waals surface area contributed by atoms with Gasteiger partial charge in [0.1, 0.15) is 0 Å². The second kappa shape index (κ2) is 13.2. The first-order valence-corrected chi connectivity index (χ1v) is 18.3. The van der Waals surface area contributed by atoms with E-state index in [1.807, 2.05) is 59.3 Å². The van der Waals surface area contributed by atoms with Crippen LogP contribution in [0.15, 0.2) is 114 Å². The summed E-state index contributed by atoms with van der Waals surface area (Å²) < 4.78 is 54.2. The fourth-order valence-corrected chi connectivity index (χ4v) is 6.37. The number of fused-ring (bicyclic) bond motifs is 4. The molecule has 0 aliphatic rings. The van der Waals surface area contributed by atoms with Crippen LogP contribution in [0.1, 0.15) is 19.4 Å². The molecule has 0 N–H and O–H groups in total. The zero-order valence-electron chi connectivity index (χ0n) is 31.9. The Kier molecular flexibility index (Phi) is 7.10. The van der Waals surface area contributed by atoms with Crippen molar-refractivity contribution >= 4 is 46.4 Å². The van der Waals surface area contributed by atoms with Crippen LogP contribution in [0.5, 0.6) is 0 Å². The Hall–Kier alpha value is -4.75. The quantitative estimate of drug-likeness (QED) is 0.131. The summed E-state index contributed by atoms with van der Waals surface area (Å²) in [5, 5.41) is 2.46. The van der Waals surface area contributed by atoms with Gasteiger partial charge >= 0.3 is 0 Å². The number of hydrogen-bond acceptors (Lipinski definition) is 5.